The largest absolute Gasteiger partial charge is 0.456 e. The average Bonchev–Trinajstić information content (AvgIpc) is 3.39. The molecule has 1 aliphatic carbocycles. The Bertz CT molecular complexity index is 1200. The molecular weight excluding hydrogens is 402 g/mol. The van der Waals surface area contributed by atoms with Gasteiger partial charge in [-0.1, -0.05) is 35.5 Å². The molecule has 0 radical (unpaired) electrons. The van der Waals surface area contributed by atoms with Crippen LogP contribution in [0.15, 0.2) is 55.0 Å². The molecule has 1 fully saturated rings. The number of halogens is 1. The van der Waals surface area contributed by atoms with E-state index in [4.69, 9.17) is 21.3 Å². The summed E-state index contributed by atoms with van der Waals surface area (Å²) in [6.07, 6.45) is 8.16. The van der Waals surface area contributed by atoms with E-state index in [0.717, 1.165) is 22.5 Å². The van der Waals surface area contributed by atoms with E-state index in [9.17, 15) is 4.79 Å². The van der Waals surface area contributed by atoms with Crippen molar-refractivity contribution in [3.8, 4) is 0 Å². The average molecular weight is 422 g/mol. The van der Waals surface area contributed by atoms with E-state index in [-0.39, 0.29) is 12.3 Å². The van der Waals surface area contributed by atoms with E-state index < -0.39 is 5.97 Å². The second kappa shape index (κ2) is 7.91. The first-order valence-electron chi connectivity index (χ1n) is 9.87. The fourth-order valence-electron chi connectivity index (χ4n) is 3.49. The molecule has 152 valence electrons. The van der Waals surface area contributed by atoms with Crippen molar-refractivity contribution in [3.05, 3.63) is 83.1 Å². The van der Waals surface area contributed by atoms with E-state index in [0.29, 0.717) is 18.3 Å². The van der Waals surface area contributed by atoms with Crippen LogP contribution in [0.25, 0.3) is 5.65 Å². The molecule has 3 aromatic heterocycles. The molecule has 0 unspecified atom stereocenters. The van der Waals surface area contributed by atoms with Crippen molar-refractivity contribution in [2.45, 2.75) is 37.8 Å². The fourth-order valence-corrected chi connectivity index (χ4v) is 3.69. The standard InChI is InChI=1S/C22H20ClN5O2/c23-9-17-8-18(16-6-7-16)10-27-11-19(24-21(17)27)12-28-13-20(25-26-28)22(29)30-14-15-4-2-1-3-5-15/h1-5,8,10-11,13,16H,6-7,9,12,14H2. The Morgan fingerprint density at radius 1 is 1.17 bits per heavy atom. The Hall–Kier alpha value is -3.19. The number of nitrogens with zero attached hydrogens (tertiary/aromatic N) is 5. The van der Waals surface area contributed by atoms with Crippen LogP contribution in [-0.4, -0.2) is 30.3 Å². The van der Waals surface area contributed by atoms with Crippen LogP contribution in [-0.2, 0) is 23.8 Å². The Kier molecular flexibility index (Phi) is 4.96. The lowest BCUT2D eigenvalue weighted by atomic mass is 10.1. The van der Waals surface area contributed by atoms with Crippen molar-refractivity contribution in [1.29, 1.82) is 0 Å². The summed E-state index contributed by atoms with van der Waals surface area (Å²) in [5.74, 6) is 0.557. The minimum atomic E-state index is -0.501. The molecule has 4 aromatic rings. The molecule has 0 saturated heterocycles. The van der Waals surface area contributed by atoms with Crippen molar-refractivity contribution in [2.24, 2.45) is 0 Å². The number of esters is 1. The molecule has 1 aliphatic rings. The maximum atomic E-state index is 12.2. The van der Waals surface area contributed by atoms with Gasteiger partial charge in [-0.2, -0.15) is 0 Å². The number of ether oxygens (including phenoxy) is 1. The third-order valence-electron chi connectivity index (χ3n) is 5.18. The lowest BCUT2D eigenvalue weighted by molar-refractivity contribution is 0.0465. The second-order valence-electron chi connectivity index (χ2n) is 7.53. The topological polar surface area (TPSA) is 74.3 Å². The van der Waals surface area contributed by atoms with Gasteiger partial charge in [0.2, 0.25) is 0 Å². The summed E-state index contributed by atoms with van der Waals surface area (Å²) in [7, 11) is 0. The van der Waals surface area contributed by atoms with Gasteiger partial charge in [0.1, 0.15) is 12.3 Å². The molecule has 0 bridgehead atoms. The van der Waals surface area contributed by atoms with Crippen LogP contribution in [0.1, 0.15) is 51.6 Å². The molecular formula is C22H20ClN5O2. The minimum Gasteiger partial charge on any atom is -0.456 e. The third-order valence-corrected chi connectivity index (χ3v) is 5.46. The second-order valence-corrected chi connectivity index (χ2v) is 7.80. The highest BCUT2D eigenvalue weighted by Gasteiger charge is 2.25. The van der Waals surface area contributed by atoms with E-state index in [2.05, 4.69) is 22.6 Å². The van der Waals surface area contributed by atoms with Gasteiger partial charge in [-0.15, -0.1) is 16.7 Å². The van der Waals surface area contributed by atoms with Crippen molar-refractivity contribution >= 4 is 23.2 Å². The first-order chi connectivity index (χ1) is 14.7. The Balaban J connectivity index is 1.30. The molecule has 5 rings (SSSR count). The van der Waals surface area contributed by atoms with Gasteiger partial charge in [-0.05, 0) is 36.0 Å². The highest BCUT2D eigenvalue weighted by atomic mass is 35.5. The van der Waals surface area contributed by atoms with Crippen LogP contribution >= 0.6 is 11.6 Å². The van der Waals surface area contributed by atoms with Gasteiger partial charge in [-0.25, -0.2) is 14.5 Å². The maximum absolute atomic E-state index is 12.2. The highest BCUT2D eigenvalue weighted by Crippen LogP contribution is 2.40. The normalized spacial score (nSPS) is 13.6. The van der Waals surface area contributed by atoms with Crippen LogP contribution in [0.5, 0.6) is 0 Å². The predicted molar refractivity (Wildman–Crippen MR) is 111 cm³/mol. The Morgan fingerprint density at radius 3 is 2.77 bits per heavy atom. The summed E-state index contributed by atoms with van der Waals surface area (Å²) in [4.78, 5) is 16.9. The lowest BCUT2D eigenvalue weighted by Gasteiger charge is -2.04. The van der Waals surface area contributed by atoms with Crippen molar-refractivity contribution in [1.82, 2.24) is 24.4 Å². The molecule has 0 amide bonds. The van der Waals surface area contributed by atoms with Gasteiger partial charge in [0.05, 0.1) is 24.3 Å². The van der Waals surface area contributed by atoms with Gasteiger partial charge < -0.3 is 9.14 Å². The van der Waals surface area contributed by atoms with Crippen LogP contribution in [0.4, 0.5) is 0 Å². The zero-order chi connectivity index (χ0) is 20.5. The Labute approximate surface area is 178 Å². The number of imidazole rings is 1. The number of benzene rings is 1. The number of carbonyl (C=O) groups is 1. The first kappa shape index (κ1) is 18.8. The highest BCUT2D eigenvalue weighted by molar-refractivity contribution is 6.17. The molecule has 0 aliphatic heterocycles. The number of fused-ring (bicyclic) bond motifs is 1. The van der Waals surface area contributed by atoms with Gasteiger partial charge in [0, 0.05) is 18.0 Å². The third kappa shape index (κ3) is 3.93. The zero-order valence-corrected chi connectivity index (χ0v) is 17.0. The van der Waals surface area contributed by atoms with E-state index in [1.165, 1.54) is 18.4 Å². The SMILES string of the molecule is O=C(OCc1ccccc1)c1cn(Cc2cn3cc(C4CC4)cc(CCl)c3n2)nn1. The molecule has 1 saturated carbocycles. The van der Waals surface area contributed by atoms with Crippen LogP contribution in [0, 0.1) is 0 Å². The smallest absolute Gasteiger partial charge is 0.360 e. The summed E-state index contributed by atoms with van der Waals surface area (Å²) in [6.45, 7) is 0.602. The monoisotopic (exact) mass is 421 g/mol. The maximum Gasteiger partial charge on any atom is 0.360 e. The van der Waals surface area contributed by atoms with E-state index in [1.807, 2.05) is 40.9 Å². The summed E-state index contributed by atoms with van der Waals surface area (Å²) >= 11 is 6.15. The molecule has 1 aromatic carbocycles. The molecule has 0 N–H and O–H groups in total. The lowest BCUT2D eigenvalue weighted by Crippen LogP contribution is -2.05. The number of carbonyl (C=O) groups excluding carboxylic acids is 1. The molecule has 7 nitrogen and oxygen atoms in total. The number of pyridine rings is 1. The van der Waals surface area contributed by atoms with Crippen LogP contribution in [0.2, 0.25) is 0 Å². The predicted octanol–water partition coefficient (Wildman–Crippen LogP) is 3.95. The minimum absolute atomic E-state index is 0.173. The number of rotatable bonds is 7. The molecule has 30 heavy (non-hydrogen) atoms. The van der Waals surface area contributed by atoms with Crippen LogP contribution in [0.3, 0.4) is 0 Å². The summed E-state index contributed by atoms with van der Waals surface area (Å²) in [6, 6.07) is 11.7. The number of hydrogen-bond acceptors (Lipinski definition) is 5. The van der Waals surface area contributed by atoms with Gasteiger partial charge >= 0.3 is 5.97 Å². The van der Waals surface area contributed by atoms with Gasteiger partial charge in [-0.3, -0.25) is 0 Å². The molecule has 8 heteroatoms. The summed E-state index contributed by atoms with van der Waals surface area (Å²) in [5.41, 5.74) is 5.11. The quantitative estimate of drug-likeness (QED) is 0.333. The number of hydrogen-bond donors (Lipinski definition) is 0. The van der Waals surface area contributed by atoms with E-state index in [1.54, 1.807) is 10.9 Å². The summed E-state index contributed by atoms with van der Waals surface area (Å²) < 4.78 is 8.93. The molecule has 3 heterocycles. The molecule has 0 spiro atoms. The van der Waals surface area contributed by atoms with Gasteiger partial charge in [0.15, 0.2) is 5.69 Å². The van der Waals surface area contributed by atoms with Gasteiger partial charge in [0.25, 0.3) is 0 Å². The molecule has 0 atom stereocenters. The summed E-state index contributed by atoms with van der Waals surface area (Å²) in [5, 5.41) is 7.99. The van der Waals surface area contributed by atoms with Crippen molar-refractivity contribution in [2.75, 3.05) is 0 Å². The van der Waals surface area contributed by atoms with Crippen molar-refractivity contribution < 1.29 is 9.53 Å². The zero-order valence-electron chi connectivity index (χ0n) is 16.2. The number of aromatic nitrogens is 5. The number of alkyl halides is 1. The van der Waals surface area contributed by atoms with Crippen molar-refractivity contribution in [3.63, 3.8) is 0 Å². The fraction of sp³-hybridized carbons (Fsp3) is 0.273. The first-order valence-corrected chi connectivity index (χ1v) is 10.4. The van der Waals surface area contributed by atoms with E-state index >= 15 is 0 Å². The Morgan fingerprint density at radius 2 is 2.00 bits per heavy atom. The van der Waals surface area contributed by atoms with Crippen LogP contribution < -0.4 is 0 Å².